The van der Waals surface area contributed by atoms with Crippen LogP contribution in [-0.2, 0) is 9.53 Å². The van der Waals surface area contributed by atoms with Gasteiger partial charge in [0.2, 0.25) is 6.29 Å². The molecule has 0 saturated heterocycles. The summed E-state index contributed by atoms with van der Waals surface area (Å²) in [4.78, 5) is 24.3. The summed E-state index contributed by atoms with van der Waals surface area (Å²) in [6, 6.07) is 19.2. The Bertz CT molecular complexity index is 1270. The first-order chi connectivity index (χ1) is 20.3. The third-order valence-corrected chi connectivity index (χ3v) is 6.26. The number of carbonyl (C=O) groups is 2. The highest BCUT2D eigenvalue weighted by atomic mass is 16.6. The van der Waals surface area contributed by atoms with Crippen LogP contribution < -0.4 is 19.9 Å². The minimum absolute atomic E-state index is 0.263. The number of unbranched alkanes of at least 4 members (excludes halogenated alkanes) is 4. The van der Waals surface area contributed by atoms with Crippen LogP contribution in [0.2, 0.25) is 0 Å². The van der Waals surface area contributed by atoms with Crippen LogP contribution in [-0.4, -0.2) is 36.5 Å². The number of esters is 2. The van der Waals surface area contributed by atoms with Crippen LogP contribution in [0, 0.1) is 6.92 Å². The second kappa shape index (κ2) is 17.5. The van der Waals surface area contributed by atoms with Gasteiger partial charge in [-0.15, -0.1) is 0 Å². The van der Waals surface area contributed by atoms with E-state index in [9.17, 15) is 14.7 Å². The van der Waals surface area contributed by atoms with Crippen molar-refractivity contribution < 1.29 is 33.6 Å². The van der Waals surface area contributed by atoms with Crippen LogP contribution in [0.15, 0.2) is 72.8 Å². The van der Waals surface area contributed by atoms with Gasteiger partial charge in [0.1, 0.15) is 17.2 Å². The second-order valence-corrected chi connectivity index (χ2v) is 10.0. The molecule has 42 heavy (non-hydrogen) atoms. The molecule has 8 nitrogen and oxygen atoms in total. The number of nitrogens with two attached hydrogens (primary N) is 1. The monoisotopic (exact) mass is 575 g/mol. The first-order valence-corrected chi connectivity index (χ1v) is 14.4. The molecular formula is C34H41NO7. The molecule has 0 aliphatic rings. The van der Waals surface area contributed by atoms with Crippen molar-refractivity contribution in [3.8, 4) is 17.2 Å². The minimum atomic E-state index is -1.12. The van der Waals surface area contributed by atoms with Crippen LogP contribution in [0.5, 0.6) is 17.2 Å². The van der Waals surface area contributed by atoms with Gasteiger partial charge in [0.05, 0.1) is 18.8 Å². The maximum Gasteiger partial charge on any atom is 0.338 e. The summed E-state index contributed by atoms with van der Waals surface area (Å²) in [5, 5.41) is 10.2. The molecule has 0 aliphatic heterocycles. The third-order valence-electron chi connectivity index (χ3n) is 6.26. The van der Waals surface area contributed by atoms with Crippen molar-refractivity contribution in [3.05, 3.63) is 89.5 Å². The van der Waals surface area contributed by atoms with Gasteiger partial charge < -0.3 is 29.8 Å². The Hall–Kier alpha value is -4.30. The minimum Gasteiger partial charge on any atom is -0.494 e. The number of ether oxygens (including phenoxy) is 4. The molecular weight excluding hydrogens is 534 g/mol. The quantitative estimate of drug-likeness (QED) is 0.0588. The average molecular weight is 576 g/mol. The van der Waals surface area contributed by atoms with Gasteiger partial charge in [-0.1, -0.05) is 38.0 Å². The number of hydrogen-bond acceptors (Lipinski definition) is 8. The molecule has 3 rings (SSSR count). The number of benzene rings is 3. The van der Waals surface area contributed by atoms with Crippen molar-refractivity contribution in [1.29, 1.82) is 0 Å². The average Bonchev–Trinajstić information content (AvgIpc) is 2.97. The lowest BCUT2D eigenvalue weighted by Crippen LogP contribution is -2.11. The molecule has 3 aromatic carbocycles. The fourth-order valence-electron chi connectivity index (χ4n) is 4.09. The van der Waals surface area contributed by atoms with Crippen molar-refractivity contribution >= 4 is 23.7 Å². The van der Waals surface area contributed by atoms with E-state index >= 15 is 0 Å². The third kappa shape index (κ3) is 12.1. The summed E-state index contributed by atoms with van der Waals surface area (Å²) >= 11 is 0. The molecule has 0 saturated carbocycles. The summed E-state index contributed by atoms with van der Waals surface area (Å²) in [6.07, 6.45) is 7.71. The molecule has 3 aromatic rings. The van der Waals surface area contributed by atoms with Crippen LogP contribution in [0.25, 0.3) is 6.08 Å². The van der Waals surface area contributed by atoms with Gasteiger partial charge >= 0.3 is 11.9 Å². The molecule has 0 radical (unpaired) electrons. The first kappa shape index (κ1) is 32.2. The van der Waals surface area contributed by atoms with E-state index in [4.69, 9.17) is 24.7 Å². The van der Waals surface area contributed by atoms with Crippen molar-refractivity contribution in [2.45, 2.75) is 65.1 Å². The van der Waals surface area contributed by atoms with Gasteiger partial charge in [-0.3, -0.25) is 4.79 Å². The van der Waals surface area contributed by atoms with Gasteiger partial charge in [-0.25, -0.2) is 4.79 Å². The lowest BCUT2D eigenvalue weighted by Gasteiger charge is -2.11. The van der Waals surface area contributed by atoms with Crippen LogP contribution in [0.4, 0.5) is 5.69 Å². The zero-order chi connectivity index (χ0) is 30.2. The maximum absolute atomic E-state index is 12.2. The number of aliphatic hydroxyl groups excluding tert-OH is 1. The van der Waals surface area contributed by atoms with Gasteiger partial charge in [0.15, 0.2) is 0 Å². The molecule has 0 fully saturated rings. The zero-order valence-corrected chi connectivity index (χ0v) is 24.4. The molecule has 8 heteroatoms. The summed E-state index contributed by atoms with van der Waals surface area (Å²) < 4.78 is 21.9. The molecule has 3 N–H and O–H groups in total. The molecule has 0 aromatic heterocycles. The van der Waals surface area contributed by atoms with Crippen LogP contribution in [0.3, 0.4) is 0 Å². The van der Waals surface area contributed by atoms with E-state index in [0.717, 1.165) is 42.6 Å². The van der Waals surface area contributed by atoms with Gasteiger partial charge in [-0.05, 0) is 104 Å². The number of rotatable bonds is 17. The fourth-order valence-corrected chi connectivity index (χ4v) is 4.09. The Labute approximate surface area is 248 Å². The second-order valence-electron chi connectivity index (χ2n) is 10.0. The van der Waals surface area contributed by atoms with Crippen LogP contribution in [0.1, 0.15) is 73.4 Å². The molecule has 224 valence electrons. The Morgan fingerprint density at radius 3 is 2.26 bits per heavy atom. The summed E-state index contributed by atoms with van der Waals surface area (Å²) in [7, 11) is 0. The number of aliphatic hydroxyl groups is 1. The first-order valence-electron chi connectivity index (χ1n) is 14.4. The highest BCUT2D eigenvalue weighted by Crippen LogP contribution is 2.20. The molecule has 0 bridgehead atoms. The number of nitrogen functional groups attached to an aromatic ring is 1. The zero-order valence-electron chi connectivity index (χ0n) is 24.4. The normalized spacial score (nSPS) is 11.7. The Morgan fingerprint density at radius 2 is 1.55 bits per heavy atom. The van der Waals surface area contributed by atoms with Crippen molar-refractivity contribution in [1.82, 2.24) is 0 Å². The van der Waals surface area contributed by atoms with E-state index in [0.29, 0.717) is 42.2 Å². The summed E-state index contributed by atoms with van der Waals surface area (Å²) in [5.74, 6) is 1.01. The van der Waals surface area contributed by atoms with Gasteiger partial charge in [0, 0.05) is 12.1 Å². The fraction of sp³-hybridized carbons (Fsp3) is 0.353. The van der Waals surface area contributed by atoms with E-state index in [1.807, 2.05) is 19.1 Å². The highest BCUT2D eigenvalue weighted by Gasteiger charge is 2.09. The number of carbonyl (C=O) groups excluding carboxylic acids is 2. The lowest BCUT2D eigenvalue weighted by atomic mass is 10.1. The molecule has 0 aliphatic carbocycles. The molecule has 0 amide bonds. The van der Waals surface area contributed by atoms with E-state index in [-0.39, 0.29) is 19.0 Å². The largest absolute Gasteiger partial charge is 0.494 e. The van der Waals surface area contributed by atoms with Crippen molar-refractivity contribution in [2.75, 3.05) is 18.9 Å². The predicted molar refractivity (Wildman–Crippen MR) is 164 cm³/mol. The summed E-state index contributed by atoms with van der Waals surface area (Å²) in [5.41, 5.74) is 8.46. The van der Waals surface area contributed by atoms with Gasteiger partial charge in [0.25, 0.3) is 0 Å². The number of aryl methyl sites for hydroxylation is 1. The maximum atomic E-state index is 12.2. The van der Waals surface area contributed by atoms with Gasteiger partial charge in [-0.2, -0.15) is 0 Å². The smallest absolute Gasteiger partial charge is 0.338 e. The molecule has 1 unspecified atom stereocenters. The predicted octanol–water partition coefficient (Wildman–Crippen LogP) is 6.88. The van der Waals surface area contributed by atoms with E-state index in [2.05, 4.69) is 6.92 Å². The van der Waals surface area contributed by atoms with Crippen molar-refractivity contribution in [3.63, 3.8) is 0 Å². The number of anilines is 1. The Kier molecular flexibility index (Phi) is 13.4. The van der Waals surface area contributed by atoms with E-state index < -0.39 is 12.3 Å². The molecule has 0 spiro atoms. The SMILES string of the molecule is CCCCCOc1ccc(OC(O)/C=C/c2ccc(OC(=O)CCCCCOC(=O)c3cc(C)cc(N)c3)cc2)cc1. The van der Waals surface area contributed by atoms with Crippen molar-refractivity contribution in [2.24, 2.45) is 0 Å². The highest BCUT2D eigenvalue weighted by molar-refractivity contribution is 5.90. The van der Waals surface area contributed by atoms with E-state index in [1.54, 1.807) is 60.7 Å². The Morgan fingerprint density at radius 1 is 0.857 bits per heavy atom. The number of hydrogen-bond donors (Lipinski definition) is 2. The van der Waals surface area contributed by atoms with Crippen LogP contribution >= 0.6 is 0 Å². The standard InChI is InChI=1S/C34H41NO7/c1-3-4-7-20-39-29-15-17-31(18-16-29)42-33(37)19-12-26-10-13-30(14-11-26)41-32(36)9-6-5-8-21-40-34(38)27-22-25(2)23-28(35)24-27/h10-19,22-24,33,37H,3-9,20-21,35H2,1-2H3/b19-12+. The lowest BCUT2D eigenvalue weighted by molar-refractivity contribution is -0.134. The molecule has 1 atom stereocenters. The topological polar surface area (TPSA) is 117 Å². The molecule has 0 heterocycles. The Balaban J connectivity index is 1.30. The summed E-state index contributed by atoms with van der Waals surface area (Å²) in [6.45, 7) is 4.98. The van der Waals surface area contributed by atoms with E-state index in [1.165, 1.54) is 6.08 Å².